The Labute approximate surface area is 88.0 Å². The van der Waals surface area contributed by atoms with E-state index < -0.39 is 0 Å². The van der Waals surface area contributed by atoms with Gasteiger partial charge in [-0.15, -0.1) is 0 Å². The first-order valence-corrected chi connectivity index (χ1v) is 6.15. The van der Waals surface area contributed by atoms with Gasteiger partial charge in [0.15, 0.2) is 0 Å². The Bertz CT molecular complexity index is 275. The highest BCUT2D eigenvalue weighted by Crippen LogP contribution is 2.69. The topological polar surface area (TPSA) is 9.23 Å². The molecule has 3 aliphatic rings. The maximum Gasteiger partial charge on any atom is 0.109 e. The molecule has 14 heavy (non-hydrogen) atoms. The minimum Gasteiger partial charge on any atom is -0.372 e. The summed E-state index contributed by atoms with van der Waals surface area (Å²) < 4.78 is 6.31. The van der Waals surface area contributed by atoms with Crippen LogP contribution in [0, 0.1) is 17.3 Å². The monoisotopic (exact) mass is 192 g/mol. The van der Waals surface area contributed by atoms with Gasteiger partial charge in [-0.3, -0.25) is 0 Å². The first-order valence-electron chi connectivity index (χ1n) is 6.15. The van der Waals surface area contributed by atoms with E-state index in [4.69, 9.17) is 4.74 Å². The summed E-state index contributed by atoms with van der Waals surface area (Å²) in [5.41, 5.74) is 0.895. The van der Waals surface area contributed by atoms with Crippen LogP contribution >= 0.6 is 0 Å². The van der Waals surface area contributed by atoms with Gasteiger partial charge in [-0.1, -0.05) is 13.8 Å². The molecule has 2 heteroatoms. The zero-order chi connectivity index (χ0) is 10.1. The number of hydrogen-bond donors (Lipinski definition) is 0. The van der Waals surface area contributed by atoms with Crippen molar-refractivity contribution in [3.8, 4) is 0 Å². The fraction of sp³-hybridized carbons (Fsp3) is 1.00. The zero-order valence-corrected chi connectivity index (χ0v) is 9.84. The van der Waals surface area contributed by atoms with Gasteiger partial charge in [-0.2, -0.15) is 0 Å². The first-order chi connectivity index (χ1) is 6.47. The summed E-state index contributed by atoms with van der Waals surface area (Å²) >= 11 is 0. The number of fused-ring (bicyclic) bond motifs is 1. The minimum atomic E-state index is 0.299. The predicted molar refractivity (Wildman–Crippen MR) is 60.2 cm³/mol. The van der Waals surface area contributed by atoms with Crippen LogP contribution in [-0.2, 0) is 4.74 Å². The fourth-order valence-corrected chi connectivity index (χ4v) is 4.59. The normalized spacial score (nSPS) is 65.9. The molecule has 1 saturated heterocycles. The van der Waals surface area contributed by atoms with E-state index in [-0.39, 0.29) is 0 Å². The van der Waals surface area contributed by atoms with Crippen LogP contribution in [0.1, 0.15) is 40.0 Å². The third kappa shape index (κ3) is 0.868. The van der Waals surface area contributed by atoms with Crippen molar-refractivity contribution in [3.63, 3.8) is 0 Å². The number of rotatable bonds is 0. The van der Waals surface area contributed by atoms with Gasteiger partial charge in [0.2, 0.25) is 0 Å². The third-order valence-corrected chi connectivity index (χ3v) is 5.70. The Kier molecular flexibility index (Phi) is 1.59. The summed E-state index contributed by atoms with van der Waals surface area (Å²) in [7, 11) is 2.39. The smallest absolute Gasteiger partial charge is 0.109 e. The van der Waals surface area contributed by atoms with Crippen LogP contribution in [0.25, 0.3) is 0 Å². The average Bonchev–Trinajstić information content (AvgIpc) is 2.56. The summed E-state index contributed by atoms with van der Waals surface area (Å²) in [5.74, 6) is 2.51. The van der Waals surface area contributed by atoms with Gasteiger partial charge >= 0.3 is 0 Å². The van der Waals surface area contributed by atoms with Gasteiger partial charge in [-0.25, -0.2) is 0 Å². The van der Waals surface area contributed by atoms with Gasteiger partial charge in [0.05, 0.1) is 11.7 Å². The highest BCUT2D eigenvalue weighted by Gasteiger charge is 2.66. The van der Waals surface area contributed by atoms with E-state index in [9.17, 15) is 0 Å². The molecule has 2 saturated carbocycles. The van der Waals surface area contributed by atoms with Crippen molar-refractivity contribution >= 4 is 7.85 Å². The molecule has 78 valence electrons. The molecular weight excluding hydrogens is 171 g/mol. The molecule has 5 unspecified atom stereocenters. The predicted octanol–water partition coefficient (Wildman–Crippen LogP) is 2.02. The quantitative estimate of drug-likeness (QED) is 0.533. The Morgan fingerprint density at radius 3 is 2.64 bits per heavy atom. The Hall–Kier alpha value is 0.0249. The summed E-state index contributed by atoms with van der Waals surface area (Å²) in [4.78, 5) is 0. The molecule has 0 N–H and O–H groups in total. The summed E-state index contributed by atoms with van der Waals surface area (Å²) in [6.07, 6.45) is 4.57. The molecule has 6 atom stereocenters. The molecule has 0 aromatic heterocycles. The Morgan fingerprint density at radius 2 is 2.00 bits per heavy atom. The molecule has 0 amide bonds. The third-order valence-electron chi connectivity index (χ3n) is 5.70. The van der Waals surface area contributed by atoms with Crippen LogP contribution in [0.3, 0.4) is 0 Å². The summed E-state index contributed by atoms with van der Waals surface area (Å²) in [5, 5.41) is 0. The average molecular weight is 192 g/mol. The molecule has 1 spiro atoms. The largest absolute Gasteiger partial charge is 0.372 e. The van der Waals surface area contributed by atoms with Crippen LogP contribution < -0.4 is 0 Å². The molecular formula is C12H21BO. The minimum absolute atomic E-state index is 0.299. The molecule has 0 radical (unpaired) electrons. The SMILES string of the molecule is BC1C(C)OC23CC(C)C(C)(C[C@H]12)C3. The Balaban J connectivity index is 1.97. The van der Waals surface area contributed by atoms with Gasteiger partial charge in [-0.05, 0) is 49.3 Å². The van der Waals surface area contributed by atoms with E-state index in [2.05, 4.69) is 28.6 Å². The van der Waals surface area contributed by atoms with E-state index >= 15 is 0 Å². The zero-order valence-electron chi connectivity index (χ0n) is 9.84. The number of ether oxygens (including phenoxy) is 1. The standard InChI is InChI=1S/C12H21BO/c1-7-4-12-6-11(7,3)5-9(12)10(13)8(2)14-12/h7-10H,4-6,13H2,1-3H3/t7?,8?,9-,10?,11?,12?/m1/s1. The molecule has 2 bridgehead atoms. The van der Waals surface area contributed by atoms with Crippen LogP contribution in [0.2, 0.25) is 5.82 Å². The first kappa shape index (κ1) is 9.27. The lowest BCUT2D eigenvalue weighted by molar-refractivity contribution is -0.0428. The second-order valence-corrected chi connectivity index (χ2v) is 6.49. The van der Waals surface area contributed by atoms with Crippen molar-refractivity contribution in [3.05, 3.63) is 0 Å². The molecule has 1 heterocycles. The van der Waals surface area contributed by atoms with E-state index in [1.807, 2.05) is 0 Å². The highest BCUT2D eigenvalue weighted by molar-refractivity contribution is 6.12. The molecule has 2 aliphatic carbocycles. The molecule has 3 rings (SSSR count). The van der Waals surface area contributed by atoms with Gasteiger partial charge in [0.25, 0.3) is 0 Å². The lowest BCUT2D eigenvalue weighted by Gasteiger charge is -2.34. The van der Waals surface area contributed by atoms with E-state index in [1.54, 1.807) is 0 Å². The highest BCUT2D eigenvalue weighted by atomic mass is 16.5. The van der Waals surface area contributed by atoms with E-state index in [0.29, 0.717) is 17.1 Å². The van der Waals surface area contributed by atoms with Gasteiger partial charge in [0, 0.05) is 0 Å². The van der Waals surface area contributed by atoms with E-state index in [1.165, 1.54) is 19.3 Å². The number of hydrogen-bond acceptors (Lipinski definition) is 1. The second-order valence-electron chi connectivity index (χ2n) is 6.49. The molecule has 0 aromatic rings. The van der Waals surface area contributed by atoms with E-state index in [0.717, 1.165) is 17.7 Å². The van der Waals surface area contributed by atoms with Crippen molar-refractivity contribution in [2.75, 3.05) is 0 Å². The second kappa shape index (κ2) is 2.40. The molecule has 0 aromatic carbocycles. The van der Waals surface area contributed by atoms with Crippen LogP contribution in [-0.4, -0.2) is 19.6 Å². The summed E-state index contributed by atoms with van der Waals surface area (Å²) in [6.45, 7) is 7.16. The molecule has 3 fully saturated rings. The molecule has 1 aliphatic heterocycles. The van der Waals surface area contributed by atoms with Crippen molar-refractivity contribution in [2.45, 2.75) is 57.6 Å². The van der Waals surface area contributed by atoms with Gasteiger partial charge < -0.3 is 4.74 Å². The summed E-state index contributed by atoms with van der Waals surface area (Å²) in [6, 6.07) is 0. The maximum absolute atomic E-state index is 6.31. The van der Waals surface area contributed by atoms with Crippen molar-refractivity contribution < 1.29 is 4.74 Å². The Morgan fingerprint density at radius 1 is 1.29 bits per heavy atom. The van der Waals surface area contributed by atoms with Gasteiger partial charge in [0.1, 0.15) is 7.85 Å². The fourth-order valence-electron chi connectivity index (χ4n) is 4.59. The van der Waals surface area contributed by atoms with Crippen LogP contribution in [0.5, 0.6) is 0 Å². The van der Waals surface area contributed by atoms with Crippen molar-refractivity contribution in [1.82, 2.24) is 0 Å². The van der Waals surface area contributed by atoms with Crippen LogP contribution in [0.4, 0.5) is 0 Å². The van der Waals surface area contributed by atoms with Crippen molar-refractivity contribution in [2.24, 2.45) is 17.3 Å². The lowest BCUT2D eigenvalue weighted by Crippen LogP contribution is -2.33. The molecule has 1 nitrogen and oxygen atoms in total. The maximum atomic E-state index is 6.31. The lowest BCUT2D eigenvalue weighted by atomic mass is 9.64. The van der Waals surface area contributed by atoms with Crippen LogP contribution in [0.15, 0.2) is 0 Å². The van der Waals surface area contributed by atoms with Crippen molar-refractivity contribution in [1.29, 1.82) is 0 Å².